The number of nitrogens with zero attached hydrogens (tertiary/aromatic N) is 1. The maximum absolute atomic E-state index is 12.9. The van der Waals surface area contributed by atoms with Crippen molar-refractivity contribution in [2.75, 3.05) is 24.6 Å². The molecule has 2 atom stereocenters. The van der Waals surface area contributed by atoms with Gasteiger partial charge in [0.1, 0.15) is 0 Å². The Morgan fingerprint density at radius 3 is 3.05 bits per heavy atom. The standard InChI is InChI=1S/C15H20N2OS2/c18-15(12-9-19-8-5-16-12)17-6-3-13-11(4-7-20-13)14(17)10-1-2-10/h4,7,10,12,14,16H,1-3,5-6,8-9H2. The molecule has 1 N–H and O–H groups in total. The van der Waals surface area contributed by atoms with Crippen molar-refractivity contribution in [2.24, 2.45) is 5.92 Å². The highest BCUT2D eigenvalue weighted by Crippen LogP contribution is 2.48. The largest absolute Gasteiger partial charge is 0.334 e. The molecule has 0 radical (unpaired) electrons. The van der Waals surface area contributed by atoms with E-state index < -0.39 is 0 Å². The normalized spacial score (nSPS) is 30.1. The van der Waals surface area contributed by atoms with Crippen LogP contribution in [0.15, 0.2) is 11.4 Å². The Balaban J connectivity index is 1.59. The fraction of sp³-hybridized carbons (Fsp3) is 0.667. The predicted molar refractivity (Wildman–Crippen MR) is 84.3 cm³/mol. The number of hydrogen-bond acceptors (Lipinski definition) is 4. The molecular weight excluding hydrogens is 288 g/mol. The van der Waals surface area contributed by atoms with Crippen molar-refractivity contribution in [3.63, 3.8) is 0 Å². The minimum absolute atomic E-state index is 0.0372. The fourth-order valence-electron chi connectivity index (χ4n) is 3.44. The summed E-state index contributed by atoms with van der Waals surface area (Å²) in [6, 6.07) is 2.66. The van der Waals surface area contributed by atoms with Crippen LogP contribution >= 0.6 is 23.1 Å². The molecule has 1 saturated heterocycles. The van der Waals surface area contributed by atoms with E-state index in [1.54, 1.807) is 0 Å². The summed E-state index contributed by atoms with van der Waals surface area (Å²) in [5.74, 6) is 3.11. The number of carbonyl (C=O) groups is 1. The second-order valence-corrected chi connectivity index (χ2v) is 8.10. The Labute approximate surface area is 128 Å². The van der Waals surface area contributed by atoms with Gasteiger partial charge in [-0.05, 0) is 42.2 Å². The number of nitrogens with one attached hydrogen (secondary N) is 1. The van der Waals surface area contributed by atoms with Gasteiger partial charge < -0.3 is 10.2 Å². The first-order chi connectivity index (χ1) is 9.84. The van der Waals surface area contributed by atoms with E-state index in [1.165, 1.54) is 23.3 Å². The first-order valence-corrected chi connectivity index (χ1v) is 9.56. The van der Waals surface area contributed by atoms with E-state index in [0.717, 1.165) is 31.0 Å². The van der Waals surface area contributed by atoms with E-state index in [4.69, 9.17) is 0 Å². The molecule has 0 aromatic carbocycles. The van der Waals surface area contributed by atoms with E-state index in [-0.39, 0.29) is 6.04 Å². The van der Waals surface area contributed by atoms with Crippen LogP contribution in [0.2, 0.25) is 0 Å². The molecule has 1 aliphatic carbocycles. The monoisotopic (exact) mass is 308 g/mol. The first-order valence-electron chi connectivity index (χ1n) is 7.52. The van der Waals surface area contributed by atoms with E-state index in [2.05, 4.69) is 21.7 Å². The van der Waals surface area contributed by atoms with Gasteiger partial charge in [-0.2, -0.15) is 11.8 Å². The zero-order valence-electron chi connectivity index (χ0n) is 11.5. The lowest BCUT2D eigenvalue weighted by atomic mass is 9.95. The van der Waals surface area contributed by atoms with Crippen LogP contribution in [0.1, 0.15) is 29.3 Å². The van der Waals surface area contributed by atoms with Gasteiger partial charge in [0.25, 0.3) is 0 Å². The summed E-state index contributed by atoms with van der Waals surface area (Å²) in [5, 5.41) is 5.60. The number of thiophene rings is 1. The molecule has 1 aromatic heterocycles. The molecule has 3 heterocycles. The number of carbonyl (C=O) groups excluding carboxylic acids is 1. The summed E-state index contributed by atoms with van der Waals surface area (Å²) in [7, 11) is 0. The molecule has 1 amide bonds. The topological polar surface area (TPSA) is 32.3 Å². The van der Waals surface area contributed by atoms with Crippen LogP contribution in [0.4, 0.5) is 0 Å². The van der Waals surface area contributed by atoms with Gasteiger partial charge in [-0.1, -0.05) is 0 Å². The second kappa shape index (κ2) is 5.35. The van der Waals surface area contributed by atoms with Crippen molar-refractivity contribution >= 4 is 29.0 Å². The zero-order valence-corrected chi connectivity index (χ0v) is 13.1. The smallest absolute Gasteiger partial charge is 0.241 e. The number of rotatable bonds is 2. The molecule has 3 aliphatic rings. The third-order valence-corrected chi connectivity index (χ3v) is 6.64. The summed E-state index contributed by atoms with van der Waals surface area (Å²) < 4.78 is 0. The van der Waals surface area contributed by atoms with E-state index in [1.807, 2.05) is 23.1 Å². The van der Waals surface area contributed by atoms with Gasteiger partial charge in [-0.3, -0.25) is 4.79 Å². The molecule has 0 bridgehead atoms. The van der Waals surface area contributed by atoms with Crippen LogP contribution in [0.25, 0.3) is 0 Å². The van der Waals surface area contributed by atoms with Crippen LogP contribution in [-0.4, -0.2) is 41.4 Å². The highest BCUT2D eigenvalue weighted by molar-refractivity contribution is 7.99. The molecule has 4 rings (SSSR count). The maximum atomic E-state index is 12.9. The molecule has 2 aliphatic heterocycles. The lowest BCUT2D eigenvalue weighted by Gasteiger charge is -2.39. The van der Waals surface area contributed by atoms with Crippen LogP contribution in [-0.2, 0) is 11.2 Å². The molecular formula is C15H20N2OS2. The lowest BCUT2D eigenvalue weighted by molar-refractivity contribution is -0.136. The Morgan fingerprint density at radius 1 is 1.40 bits per heavy atom. The minimum Gasteiger partial charge on any atom is -0.334 e. The van der Waals surface area contributed by atoms with Crippen molar-refractivity contribution in [2.45, 2.75) is 31.3 Å². The summed E-state index contributed by atoms with van der Waals surface area (Å²) >= 11 is 3.77. The Hall–Kier alpha value is -0.520. The summed E-state index contributed by atoms with van der Waals surface area (Å²) in [4.78, 5) is 16.6. The van der Waals surface area contributed by atoms with Crippen molar-refractivity contribution in [1.29, 1.82) is 0 Å². The quantitative estimate of drug-likeness (QED) is 0.910. The third kappa shape index (κ3) is 2.30. The average Bonchev–Trinajstić information content (AvgIpc) is 3.23. The number of hydrogen-bond donors (Lipinski definition) is 1. The molecule has 20 heavy (non-hydrogen) atoms. The van der Waals surface area contributed by atoms with Crippen molar-refractivity contribution in [3.8, 4) is 0 Å². The summed E-state index contributed by atoms with van der Waals surface area (Å²) in [6.07, 6.45) is 3.62. The molecule has 5 heteroatoms. The SMILES string of the molecule is O=C(C1CSCCN1)N1CCc2sccc2C1C1CC1. The molecule has 0 spiro atoms. The van der Waals surface area contributed by atoms with Gasteiger partial charge >= 0.3 is 0 Å². The van der Waals surface area contributed by atoms with Crippen LogP contribution in [0.3, 0.4) is 0 Å². The highest BCUT2D eigenvalue weighted by atomic mass is 32.2. The van der Waals surface area contributed by atoms with E-state index in [9.17, 15) is 4.79 Å². The van der Waals surface area contributed by atoms with Crippen LogP contribution in [0, 0.1) is 5.92 Å². The van der Waals surface area contributed by atoms with Gasteiger partial charge in [-0.15, -0.1) is 11.3 Å². The Kier molecular flexibility index (Phi) is 3.52. The van der Waals surface area contributed by atoms with Gasteiger partial charge in [0, 0.05) is 29.5 Å². The summed E-state index contributed by atoms with van der Waals surface area (Å²) in [5.41, 5.74) is 1.44. The molecule has 2 fully saturated rings. The van der Waals surface area contributed by atoms with Crippen LogP contribution in [0.5, 0.6) is 0 Å². The summed E-state index contributed by atoms with van der Waals surface area (Å²) in [6.45, 7) is 1.88. The van der Waals surface area contributed by atoms with Gasteiger partial charge in [0.2, 0.25) is 5.91 Å². The first kappa shape index (κ1) is 13.2. The lowest BCUT2D eigenvalue weighted by Crippen LogP contribution is -2.53. The minimum atomic E-state index is 0.0372. The number of amides is 1. The van der Waals surface area contributed by atoms with Gasteiger partial charge in [0.05, 0.1) is 12.1 Å². The molecule has 1 saturated carbocycles. The third-order valence-electron chi connectivity index (χ3n) is 4.59. The Morgan fingerprint density at radius 2 is 2.30 bits per heavy atom. The van der Waals surface area contributed by atoms with Gasteiger partial charge in [0.15, 0.2) is 0 Å². The fourth-order valence-corrected chi connectivity index (χ4v) is 5.28. The van der Waals surface area contributed by atoms with Crippen molar-refractivity contribution < 1.29 is 4.79 Å². The van der Waals surface area contributed by atoms with Crippen LogP contribution < -0.4 is 5.32 Å². The predicted octanol–water partition coefficient (Wildman–Crippen LogP) is 2.29. The van der Waals surface area contributed by atoms with Crippen molar-refractivity contribution in [3.05, 3.63) is 21.9 Å². The molecule has 108 valence electrons. The average molecular weight is 308 g/mol. The van der Waals surface area contributed by atoms with E-state index in [0.29, 0.717) is 17.9 Å². The zero-order chi connectivity index (χ0) is 13.5. The molecule has 3 nitrogen and oxygen atoms in total. The van der Waals surface area contributed by atoms with Crippen molar-refractivity contribution in [1.82, 2.24) is 10.2 Å². The number of fused-ring (bicyclic) bond motifs is 1. The van der Waals surface area contributed by atoms with E-state index >= 15 is 0 Å². The highest BCUT2D eigenvalue weighted by Gasteiger charge is 2.43. The van der Waals surface area contributed by atoms with Gasteiger partial charge in [-0.25, -0.2) is 0 Å². The molecule has 1 aromatic rings. The molecule has 2 unspecified atom stereocenters. The second-order valence-electron chi connectivity index (χ2n) is 5.94. The Bertz CT molecular complexity index is 506. The maximum Gasteiger partial charge on any atom is 0.241 e. The number of thioether (sulfide) groups is 1.